The zero-order chi connectivity index (χ0) is 17.0. The number of carbonyl (C=O) groups excluding carboxylic acids is 1. The molecule has 2 rings (SSSR count). The monoisotopic (exact) mass is 370 g/mol. The first-order chi connectivity index (χ1) is 10.9. The van der Waals surface area contributed by atoms with Gasteiger partial charge in [-0.25, -0.2) is 0 Å². The molecule has 0 saturated carbocycles. The lowest BCUT2D eigenvalue weighted by atomic mass is 10.1. The highest BCUT2D eigenvalue weighted by atomic mass is 35.5. The summed E-state index contributed by atoms with van der Waals surface area (Å²) < 4.78 is 0. The third kappa shape index (κ3) is 4.61. The molecule has 122 valence electrons. The lowest BCUT2D eigenvalue weighted by Gasteiger charge is -2.16. The number of hydrogen-bond donors (Lipinski definition) is 2. The van der Waals surface area contributed by atoms with Gasteiger partial charge in [0.05, 0.1) is 22.3 Å². The number of hydrogen-bond acceptors (Lipinski definition) is 2. The van der Waals surface area contributed by atoms with Crippen molar-refractivity contribution in [2.75, 3.05) is 11.9 Å². The molecule has 2 aromatic carbocycles. The topological polar surface area (TPSA) is 41.1 Å². The number of halogens is 3. The van der Waals surface area contributed by atoms with Crippen LogP contribution in [0.4, 0.5) is 5.69 Å². The average Bonchev–Trinajstić information content (AvgIpc) is 2.53. The van der Waals surface area contributed by atoms with E-state index in [4.69, 9.17) is 34.8 Å². The highest BCUT2D eigenvalue weighted by molar-refractivity contribution is 6.40. The van der Waals surface area contributed by atoms with Crippen LogP contribution in [0, 0.1) is 6.92 Å². The maximum atomic E-state index is 12.1. The van der Waals surface area contributed by atoms with E-state index >= 15 is 0 Å². The average molecular weight is 372 g/mol. The Morgan fingerprint density at radius 2 is 1.78 bits per heavy atom. The molecule has 0 radical (unpaired) electrons. The van der Waals surface area contributed by atoms with Gasteiger partial charge in [-0.2, -0.15) is 0 Å². The first-order valence-corrected chi connectivity index (χ1v) is 8.25. The minimum absolute atomic E-state index is 0.0575. The summed E-state index contributed by atoms with van der Waals surface area (Å²) in [6.07, 6.45) is 0. The minimum Gasteiger partial charge on any atom is -0.322 e. The van der Waals surface area contributed by atoms with Crippen molar-refractivity contribution in [3.63, 3.8) is 0 Å². The Hall–Kier alpha value is -1.26. The number of benzene rings is 2. The van der Waals surface area contributed by atoms with Crippen LogP contribution in [-0.2, 0) is 4.79 Å². The first-order valence-electron chi connectivity index (χ1n) is 7.12. The van der Waals surface area contributed by atoms with Crippen molar-refractivity contribution in [2.45, 2.75) is 19.9 Å². The van der Waals surface area contributed by atoms with E-state index in [1.54, 1.807) is 12.1 Å². The zero-order valence-electron chi connectivity index (χ0n) is 12.8. The van der Waals surface area contributed by atoms with Crippen LogP contribution in [0.1, 0.15) is 24.1 Å². The van der Waals surface area contributed by atoms with Crippen LogP contribution in [0.15, 0.2) is 36.4 Å². The van der Waals surface area contributed by atoms with Crippen LogP contribution in [0.3, 0.4) is 0 Å². The Kier molecular flexibility index (Phi) is 6.31. The van der Waals surface area contributed by atoms with Crippen molar-refractivity contribution in [3.8, 4) is 0 Å². The molecule has 0 heterocycles. The molecular weight excluding hydrogens is 355 g/mol. The molecular formula is C17H17Cl3N2O. The Morgan fingerprint density at radius 3 is 2.48 bits per heavy atom. The number of anilines is 1. The van der Waals surface area contributed by atoms with Gasteiger partial charge in [-0.1, -0.05) is 59.1 Å². The van der Waals surface area contributed by atoms with E-state index in [0.717, 1.165) is 11.1 Å². The molecule has 0 aliphatic heterocycles. The summed E-state index contributed by atoms with van der Waals surface area (Å²) >= 11 is 18.4. The van der Waals surface area contributed by atoms with Gasteiger partial charge in [0.25, 0.3) is 0 Å². The molecule has 0 aliphatic carbocycles. The van der Waals surface area contributed by atoms with Gasteiger partial charge in [0.2, 0.25) is 5.91 Å². The van der Waals surface area contributed by atoms with Crippen molar-refractivity contribution in [1.82, 2.24) is 5.32 Å². The van der Waals surface area contributed by atoms with Gasteiger partial charge < -0.3 is 10.6 Å². The second-order valence-electron chi connectivity index (χ2n) is 5.23. The normalized spacial score (nSPS) is 12.0. The molecule has 2 N–H and O–H groups in total. The smallest absolute Gasteiger partial charge is 0.238 e. The summed E-state index contributed by atoms with van der Waals surface area (Å²) in [5.74, 6) is -0.224. The van der Waals surface area contributed by atoms with Gasteiger partial charge in [-0.15, -0.1) is 0 Å². The van der Waals surface area contributed by atoms with Crippen molar-refractivity contribution in [2.24, 2.45) is 0 Å². The lowest BCUT2D eigenvalue weighted by Crippen LogP contribution is -2.30. The zero-order valence-corrected chi connectivity index (χ0v) is 15.1. The SMILES string of the molecule is Cc1ccc(Cl)c(NC(=O)CN[C@@H](C)c2ccccc2Cl)c1Cl. The maximum absolute atomic E-state index is 12.1. The van der Waals surface area contributed by atoms with Crippen LogP contribution in [0.2, 0.25) is 15.1 Å². The van der Waals surface area contributed by atoms with E-state index in [1.165, 1.54) is 0 Å². The molecule has 2 aromatic rings. The summed E-state index contributed by atoms with van der Waals surface area (Å²) in [5.41, 5.74) is 2.22. The molecule has 0 spiro atoms. The quantitative estimate of drug-likeness (QED) is 0.754. The fourth-order valence-corrected chi connectivity index (χ4v) is 2.90. The highest BCUT2D eigenvalue weighted by Gasteiger charge is 2.14. The lowest BCUT2D eigenvalue weighted by molar-refractivity contribution is -0.115. The van der Waals surface area contributed by atoms with Crippen LogP contribution in [-0.4, -0.2) is 12.5 Å². The second-order valence-corrected chi connectivity index (χ2v) is 6.42. The van der Waals surface area contributed by atoms with Crippen LogP contribution in [0.5, 0.6) is 0 Å². The third-order valence-electron chi connectivity index (χ3n) is 3.49. The Labute approximate surface area is 150 Å². The van der Waals surface area contributed by atoms with Crippen LogP contribution in [0.25, 0.3) is 0 Å². The molecule has 23 heavy (non-hydrogen) atoms. The molecule has 0 aliphatic rings. The molecule has 0 unspecified atom stereocenters. The molecule has 0 saturated heterocycles. The first kappa shape index (κ1) is 18.1. The van der Waals surface area contributed by atoms with E-state index in [-0.39, 0.29) is 18.5 Å². The number of rotatable bonds is 5. The summed E-state index contributed by atoms with van der Waals surface area (Å²) in [4.78, 5) is 12.1. The van der Waals surface area contributed by atoms with E-state index < -0.39 is 0 Å². The summed E-state index contributed by atoms with van der Waals surface area (Å²) in [6, 6.07) is 11.0. The minimum atomic E-state index is -0.224. The van der Waals surface area contributed by atoms with Gasteiger partial charge >= 0.3 is 0 Å². The number of amides is 1. The Balaban J connectivity index is 1.99. The second kappa shape index (κ2) is 8.02. The highest BCUT2D eigenvalue weighted by Crippen LogP contribution is 2.32. The summed E-state index contributed by atoms with van der Waals surface area (Å²) in [7, 11) is 0. The van der Waals surface area contributed by atoms with E-state index in [1.807, 2.05) is 38.1 Å². The van der Waals surface area contributed by atoms with E-state index in [0.29, 0.717) is 20.8 Å². The molecule has 0 aromatic heterocycles. The molecule has 0 fully saturated rings. The third-order valence-corrected chi connectivity index (χ3v) is 4.64. The summed E-state index contributed by atoms with van der Waals surface area (Å²) in [6.45, 7) is 3.92. The molecule has 1 amide bonds. The van der Waals surface area contributed by atoms with Gasteiger partial charge in [0.1, 0.15) is 0 Å². The maximum Gasteiger partial charge on any atom is 0.238 e. The van der Waals surface area contributed by atoms with Crippen molar-refractivity contribution in [1.29, 1.82) is 0 Å². The van der Waals surface area contributed by atoms with E-state index in [2.05, 4.69) is 10.6 Å². The van der Waals surface area contributed by atoms with Gasteiger partial charge in [0, 0.05) is 11.1 Å². The van der Waals surface area contributed by atoms with Gasteiger partial charge in [-0.05, 0) is 37.1 Å². The van der Waals surface area contributed by atoms with Crippen LogP contribution < -0.4 is 10.6 Å². The van der Waals surface area contributed by atoms with Gasteiger partial charge in [-0.3, -0.25) is 4.79 Å². The fraction of sp³-hybridized carbons (Fsp3) is 0.235. The van der Waals surface area contributed by atoms with Crippen molar-refractivity contribution < 1.29 is 4.79 Å². The number of carbonyl (C=O) groups is 1. The number of aryl methyl sites for hydroxylation is 1. The Morgan fingerprint density at radius 1 is 1.09 bits per heavy atom. The van der Waals surface area contributed by atoms with Crippen molar-refractivity contribution >= 4 is 46.4 Å². The van der Waals surface area contributed by atoms with Crippen molar-refractivity contribution in [3.05, 3.63) is 62.6 Å². The molecule has 3 nitrogen and oxygen atoms in total. The fourth-order valence-electron chi connectivity index (χ4n) is 2.14. The Bertz CT molecular complexity index is 719. The van der Waals surface area contributed by atoms with E-state index in [9.17, 15) is 4.79 Å². The number of nitrogens with one attached hydrogen (secondary N) is 2. The molecule has 0 bridgehead atoms. The standard InChI is InChI=1S/C17H17Cl3N2O/c1-10-7-8-14(19)17(16(10)20)22-15(23)9-21-11(2)12-5-3-4-6-13(12)18/h3-8,11,21H,9H2,1-2H3,(H,22,23)/t11-/m0/s1. The van der Waals surface area contributed by atoms with Crippen LogP contribution >= 0.6 is 34.8 Å². The molecule has 6 heteroatoms. The predicted octanol–water partition coefficient (Wildman–Crippen LogP) is 5.24. The summed E-state index contributed by atoms with van der Waals surface area (Å²) in [5, 5.41) is 7.40. The molecule has 1 atom stereocenters. The van der Waals surface area contributed by atoms with Gasteiger partial charge in [0.15, 0.2) is 0 Å². The largest absolute Gasteiger partial charge is 0.322 e. The predicted molar refractivity (Wildman–Crippen MR) is 97.7 cm³/mol.